The van der Waals surface area contributed by atoms with Gasteiger partial charge in [-0.05, 0) is 20.8 Å². The molecule has 0 fully saturated rings. The quantitative estimate of drug-likeness (QED) is 0.609. The van der Waals surface area contributed by atoms with Crippen LogP contribution in [0.4, 0.5) is 5.95 Å². The molecule has 0 amide bonds. The number of nitrogens with zero attached hydrogens (tertiary/aromatic N) is 5. The lowest BCUT2D eigenvalue weighted by Crippen LogP contribution is -2.15. The lowest BCUT2D eigenvalue weighted by molar-refractivity contribution is 0.218. The van der Waals surface area contributed by atoms with Gasteiger partial charge in [-0.25, -0.2) is 10.5 Å². The van der Waals surface area contributed by atoms with Gasteiger partial charge in [-0.15, -0.1) is 4.98 Å². The van der Waals surface area contributed by atoms with E-state index < -0.39 is 0 Å². The van der Waals surface area contributed by atoms with Crippen molar-refractivity contribution in [1.29, 1.82) is 0 Å². The molecule has 3 N–H and O–H groups in total. The van der Waals surface area contributed by atoms with Gasteiger partial charge in [-0.3, -0.25) is 5.43 Å². The zero-order valence-electron chi connectivity index (χ0n) is 11.8. The lowest BCUT2D eigenvalue weighted by atomic mass is 10.5. The van der Waals surface area contributed by atoms with Crippen LogP contribution in [0.3, 0.4) is 0 Å². The van der Waals surface area contributed by atoms with Crippen LogP contribution in [-0.2, 0) is 7.05 Å². The van der Waals surface area contributed by atoms with E-state index in [0.29, 0.717) is 5.88 Å². The molecule has 0 unspecified atom stereocenters. The molecular formula is C11H17N7O2. The third kappa shape index (κ3) is 3.32. The molecule has 9 heteroatoms. The number of nitrogens with two attached hydrogens (primary N) is 1. The molecule has 20 heavy (non-hydrogen) atoms. The number of aryl methyl sites for hydroxylation is 2. The molecule has 2 heterocycles. The Morgan fingerprint density at radius 1 is 1.25 bits per heavy atom. The maximum atomic E-state index is 5.56. The molecule has 0 aromatic carbocycles. The first-order valence-corrected chi connectivity index (χ1v) is 6.05. The Hall–Kier alpha value is -2.42. The SMILES string of the molecule is Cc1cc(Oc2nc(NN)nc(OC(C)C)n2)n(C)n1. The van der Waals surface area contributed by atoms with Crippen molar-refractivity contribution in [3.8, 4) is 17.9 Å². The first-order chi connectivity index (χ1) is 9.47. The summed E-state index contributed by atoms with van der Waals surface area (Å²) in [4.78, 5) is 12.0. The highest BCUT2D eigenvalue weighted by molar-refractivity contribution is 5.27. The van der Waals surface area contributed by atoms with Crippen molar-refractivity contribution in [3.63, 3.8) is 0 Å². The topological polar surface area (TPSA) is 113 Å². The van der Waals surface area contributed by atoms with Gasteiger partial charge in [0.05, 0.1) is 11.8 Å². The number of anilines is 1. The summed E-state index contributed by atoms with van der Waals surface area (Å²) in [7, 11) is 1.76. The minimum absolute atomic E-state index is 0.0742. The zero-order chi connectivity index (χ0) is 14.7. The molecule has 0 aliphatic carbocycles. The summed E-state index contributed by atoms with van der Waals surface area (Å²) in [6.07, 6.45) is -0.0742. The van der Waals surface area contributed by atoms with Gasteiger partial charge in [0.1, 0.15) is 0 Å². The smallest absolute Gasteiger partial charge is 0.331 e. The molecule has 0 saturated carbocycles. The summed E-state index contributed by atoms with van der Waals surface area (Å²) in [5.74, 6) is 5.98. The minimum Gasteiger partial charge on any atom is -0.461 e. The van der Waals surface area contributed by atoms with Crippen molar-refractivity contribution in [3.05, 3.63) is 11.8 Å². The second-order valence-electron chi connectivity index (χ2n) is 4.38. The van der Waals surface area contributed by atoms with Crippen LogP contribution in [0.25, 0.3) is 0 Å². The van der Waals surface area contributed by atoms with Crippen LogP contribution in [0, 0.1) is 6.92 Å². The minimum atomic E-state index is -0.0742. The van der Waals surface area contributed by atoms with Crippen LogP contribution in [0.1, 0.15) is 19.5 Å². The van der Waals surface area contributed by atoms with Gasteiger partial charge in [-0.1, -0.05) is 0 Å². The van der Waals surface area contributed by atoms with Crippen LogP contribution in [-0.4, -0.2) is 30.8 Å². The molecule has 2 aromatic heterocycles. The van der Waals surface area contributed by atoms with E-state index in [2.05, 4.69) is 25.5 Å². The highest BCUT2D eigenvalue weighted by Crippen LogP contribution is 2.21. The number of nitrogen functional groups attached to an aromatic ring is 1. The average Bonchev–Trinajstić information content (AvgIpc) is 2.66. The number of aromatic nitrogens is 5. The van der Waals surface area contributed by atoms with Gasteiger partial charge in [0.15, 0.2) is 0 Å². The van der Waals surface area contributed by atoms with Gasteiger partial charge in [0.25, 0.3) is 0 Å². The Bertz CT molecular complexity index is 596. The maximum absolute atomic E-state index is 5.56. The Kier molecular flexibility index (Phi) is 3.99. The first-order valence-electron chi connectivity index (χ1n) is 6.05. The molecule has 0 saturated heterocycles. The summed E-state index contributed by atoms with van der Waals surface area (Å²) < 4.78 is 12.5. The molecule has 0 atom stereocenters. The van der Waals surface area contributed by atoms with Gasteiger partial charge in [0.2, 0.25) is 11.8 Å². The normalized spacial score (nSPS) is 10.7. The molecule has 0 radical (unpaired) electrons. The predicted molar refractivity (Wildman–Crippen MR) is 71.4 cm³/mol. The van der Waals surface area contributed by atoms with Crippen LogP contribution >= 0.6 is 0 Å². The number of hydrogen-bond donors (Lipinski definition) is 2. The highest BCUT2D eigenvalue weighted by atomic mass is 16.5. The Balaban J connectivity index is 2.28. The van der Waals surface area contributed by atoms with Crippen molar-refractivity contribution in [2.75, 3.05) is 5.43 Å². The Morgan fingerprint density at radius 3 is 2.50 bits per heavy atom. The van der Waals surface area contributed by atoms with E-state index in [4.69, 9.17) is 15.3 Å². The van der Waals surface area contributed by atoms with Gasteiger partial charge in [0, 0.05) is 13.1 Å². The Labute approximate surface area is 116 Å². The summed E-state index contributed by atoms with van der Waals surface area (Å²) in [5.41, 5.74) is 3.17. The number of hydrogen-bond acceptors (Lipinski definition) is 8. The van der Waals surface area contributed by atoms with E-state index in [9.17, 15) is 0 Å². The van der Waals surface area contributed by atoms with Crippen molar-refractivity contribution in [1.82, 2.24) is 24.7 Å². The first kappa shape index (κ1) is 14.0. The molecule has 0 aliphatic rings. The molecule has 0 bridgehead atoms. The fourth-order valence-electron chi connectivity index (χ4n) is 1.49. The fourth-order valence-corrected chi connectivity index (χ4v) is 1.49. The van der Waals surface area contributed by atoms with Crippen LogP contribution in [0.2, 0.25) is 0 Å². The van der Waals surface area contributed by atoms with Gasteiger partial charge >= 0.3 is 12.0 Å². The van der Waals surface area contributed by atoms with Gasteiger partial charge in [-0.2, -0.15) is 15.1 Å². The molecule has 0 aliphatic heterocycles. The molecule has 108 valence electrons. The Morgan fingerprint density at radius 2 is 1.95 bits per heavy atom. The van der Waals surface area contributed by atoms with E-state index in [1.165, 1.54) is 0 Å². The van der Waals surface area contributed by atoms with Crippen molar-refractivity contribution in [2.24, 2.45) is 12.9 Å². The number of rotatable bonds is 5. The van der Waals surface area contributed by atoms with E-state index >= 15 is 0 Å². The number of nitrogens with one attached hydrogen (secondary N) is 1. The lowest BCUT2D eigenvalue weighted by Gasteiger charge is -2.10. The predicted octanol–water partition coefficient (Wildman–Crippen LogP) is 0.779. The van der Waals surface area contributed by atoms with E-state index in [-0.39, 0.29) is 24.1 Å². The molecule has 2 aromatic rings. The summed E-state index contributed by atoms with van der Waals surface area (Å²) in [6, 6.07) is 1.98. The largest absolute Gasteiger partial charge is 0.461 e. The van der Waals surface area contributed by atoms with E-state index in [0.717, 1.165) is 5.69 Å². The van der Waals surface area contributed by atoms with Crippen LogP contribution < -0.4 is 20.7 Å². The van der Waals surface area contributed by atoms with Crippen molar-refractivity contribution >= 4 is 5.95 Å². The third-order valence-corrected chi connectivity index (χ3v) is 2.22. The third-order valence-electron chi connectivity index (χ3n) is 2.22. The number of hydrazine groups is 1. The van der Waals surface area contributed by atoms with Crippen molar-refractivity contribution in [2.45, 2.75) is 26.9 Å². The van der Waals surface area contributed by atoms with E-state index in [1.54, 1.807) is 17.8 Å². The average molecular weight is 279 g/mol. The van der Waals surface area contributed by atoms with Crippen molar-refractivity contribution < 1.29 is 9.47 Å². The monoisotopic (exact) mass is 279 g/mol. The fraction of sp³-hybridized carbons (Fsp3) is 0.455. The maximum Gasteiger partial charge on any atom is 0.331 e. The summed E-state index contributed by atoms with van der Waals surface area (Å²) >= 11 is 0. The highest BCUT2D eigenvalue weighted by Gasteiger charge is 2.12. The molecular weight excluding hydrogens is 262 g/mol. The number of ether oxygens (including phenoxy) is 2. The molecule has 2 rings (SSSR count). The molecule has 0 spiro atoms. The second kappa shape index (κ2) is 5.70. The van der Waals surface area contributed by atoms with Crippen LogP contribution in [0.5, 0.6) is 17.9 Å². The second-order valence-corrected chi connectivity index (χ2v) is 4.38. The zero-order valence-corrected chi connectivity index (χ0v) is 11.8. The van der Waals surface area contributed by atoms with Gasteiger partial charge < -0.3 is 9.47 Å². The standard InChI is InChI=1S/C11H17N7O2/c1-6(2)19-10-13-9(16-12)14-11(15-10)20-8-5-7(3)17-18(8)4/h5-6H,12H2,1-4H3,(H,13,14,15,16). The van der Waals surface area contributed by atoms with Crippen LogP contribution in [0.15, 0.2) is 6.07 Å². The van der Waals surface area contributed by atoms with E-state index in [1.807, 2.05) is 20.8 Å². The summed E-state index contributed by atoms with van der Waals surface area (Å²) in [6.45, 7) is 5.59. The molecule has 9 nitrogen and oxygen atoms in total. The summed E-state index contributed by atoms with van der Waals surface area (Å²) in [5, 5.41) is 4.17.